The molecule has 1 atom stereocenters. The second kappa shape index (κ2) is 7.12. The first-order valence-corrected chi connectivity index (χ1v) is 11.7. The third kappa shape index (κ3) is 3.69. The fraction of sp³-hybridized carbons (Fsp3) is 0.474. The van der Waals surface area contributed by atoms with Gasteiger partial charge in [-0.05, 0) is 37.7 Å². The highest BCUT2D eigenvalue weighted by molar-refractivity contribution is 7.91. The van der Waals surface area contributed by atoms with Crippen molar-refractivity contribution in [1.29, 1.82) is 0 Å². The minimum atomic E-state index is -3.10. The average Bonchev–Trinajstić information content (AvgIpc) is 3.22. The minimum absolute atomic E-state index is 0.0395. The first-order chi connectivity index (χ1) is 12.5. The van der Waals surface area contributed by atoms with Gasteiger partial charge >= 0.3 is 0 Å². The van der Waals surface area contributed by atoms with Crippen LogP contribution >= 0.6 is 11.3 Å². The first kappa shape index (κ1) is 17.7. The summed E-state index contributed by atoms with van der Waals surface area (Å²) in [5, 5.41) is 0.718. The van der Waals surface area contributed by atoms with Crippen molar-refractivity contribution in [3.05, 3.63) is 46.5 Å². The van der Waals surface area contributed by atoms with Gasteiger partial charge in [0, 0.05) is 4.88 Å². The summed E-state index contributed by atoms with van der Waals surface area (Å²) in [5.74, 6) is -0.496. The molecule has 0 bridgehead atoms. The molecule has 2 heterocycles. The Morgan fingerprint density at radius 2 is 1.96 bits per heavy atom. The molecule has 0 radical (unpaired) electrons. The van der Waals surface area contributed by atoms with Crippen LogP contribution in [-0.4, -0.2) is 30.8 Å². The Labute approximate surface area is 158 Å². The number of aromatic nitrogens is 1. The van der Waals surface area contributed by atoms with Gasteiger partial charge in [0.2, 0.25) is 5.91 Å². The summed E-state index contributed by atoms with van der Waals surface area (Å²) in [7, 11) is -3.10. The van der Waals surface area contributed by atoms with Crippen molar-refractivity contribution in [2.24, 2.45) is 5.92 Å². The van der Waals surface area contributed by atoms with E-state index < -0.39 is 15.8 Å². The van der Waals surface area contributed by atoms with E-state index in [1.807, 2.05) is 30.3 Å². The van der Waals surface area contributed by atoms with E-state index in [-0.39, 0.29) is 17.4 Å². The Kier molecular flexibility index (Phi) is 4.84. The average molecular weight is 391 g/mol. The summed E-state index contributed by atoms with van der Waals surface area (Å²) in [5.41, 5.74) is 2.14. The van der Waals surface area contributed by atoms with Gasteiger partial charge in [-0.1, -0.05) is 30.3 Å². The molecule has 26 heavy (non-hydrogen) atoms. The summed E-state index contributed by atoms with van der Waals surface area (Å²) in [6.07, 6.45) is 4.72. The van der Waals surface area contributed by atoms with Crippen LogP contribution in [0.4, 0.5) is 5.13 Å². The summed E-state index contributed by atoms with van der Waals surface area (Å²) in [6, 6.07) is 9.81. The van der Waals surface area contributed by atoms with Crippen LogP contribution in [0.15, 0.2) is 30.3 Å². The Morgan fingerprint density at radius 1 is 1.19 bits per heavy atom. The van der Waals surface area contributed by atoms with Gasteiger partial charge < -0.3 is 0 Å². The number of anilines is 1. The van der Waals surface area contributed by atoms with Gasteiger partial charge in [-0.2, -0.15) is 0 Å². The molecule has 0 unspecified atom stereocenters. The van der Waals surface area contributed by atoms with Crippen molar-refractivity contribution in [1.82, 2.24) is 4.98 Å². The number of thiazole rings is 1. The largest absolute Gasteiger partial charge is 0.283 e. The molecule has 1 aliphatic carbocycles. The molecule has 1 fully saturated rings. The molecule has 1 aromatic heterocycles. The molecule has 1 aliphatic heterocycles. The summed E-state index contributed by atoms with van der Waals surface area (Å²) < 4.78 is 23.7. The second-order valence-electron chi connectivity index (χ2n) is 7.08. The Morgan fingerprint density at radius 3 is 2.65 bits per heavy atom. The van der Waals surface area contributed by atoms with E-state index in [1.165, 1.54) is 11.3 Å². The maximum atomic E-state index is 13.2. The fourth-order valence-electron chi connectivity index (χ4n) is 3.67. The van der Waals surface area contributed by atoms with Crippen molar-refractivity contribution < 1.29 is 13.2 Å². The van der Waals surface area contributed by atoms with E-state index in [9.17, 15) is 13.2 Å². The molecule has 0 spiro atoms. The number of hydrogen-bond acceptors (Lipinski definition) is 5. The Balaban J connectivity index is 1.65. The zero-order valence-corrected chi connectivity index (χ0v) is 16.2. The molecule has 7 heteroatoms. The Bertz CT molecular complexity index is 883. The van der Waals surface area contributed by atoms with Crippen LogP contribution in [0.2, 0.25) is 0 Å². The quantitative estimate of drug-likeness (QED) is 0.805. The molecule has 4 rings (SSSR count). The molecule has 1 aromatic carbocycles. The van der Waals surface area contributed by atoms with E-state index in [4.69, 9.17) is 4.98 Å². The number of sulfone groups is 1. The van der Waals surface area contributed by atoms with Gasteiger partial charge in [-0.15, -0.1) is 11.3 Å². The number of rotatable bonds is 4. The second-order valence-corrected chi connectivity index (χ2v) is 10.4. The molecule has 2 aliphatic rings. The highest BCUT2D eigenvalue weighted by Gasteiger charge is 2.37. The van der Waals surface area contributed by atoms with Crippen LogP contribution in [0.1, 0.15) is 35.4 Å². The Hall–Kier alpha value is -1.73. The van der Waals surface area contributed by atoms with Crippen molar-refractivity contribution in [2.75, 3.05) is 16.4 Å². The van der Waals surface area contributed by atoms with Gasteiger partial charge in [0.25, 0.3) is 0 Å². The molecule has 0 N–H and O–H groups in total. The van der Waals surface area contributed by atoms with Crippen molar-refractivity contribution in [2.45, 2.75) is 38.6 Å². The lowest BCUT2D eigenvalue weighted by molar-refractivity contribution is -0.121. The van der Waals surface area contributed by atoms with Crippen LogP contribution in [0.5, 0.6) is 0 Å². The summed E-state index contributed by atoms with van der Waals surface area (Å²) in [4.78, 5) is 20.9. The lowest BCUT2D eigenvalue weighted by atomic mass is 10.0. The number of aryl methyl sites for hydroxylation is 2. The highest BCUT2D eigenvalue weighted by Crippen LogP contribution is 2.34. The van der Waals surface area contributed by atoms with E-state index in [2.05, 4.69) is 0 Å². The SMILES string of the molecule is O=C([C@H]1CCS(=O)(=O)C1)N(Cc1ccccc1)c1nc2c(s1)CCCC2. The summed E-state index contributed by atoms with van der Waals surface area (Å²) in [6.45, 7) is 0.433. The number of benzene rings is 1. The normalized spacial score (nSPS) is 21.3. The lowest BCUT2D eigenvalue weighted by Gasteiger charge is -2.23. The monoisotopic (exact) mass is 390 g/mol. The molecule has 2 aromatic rings. The minimum Gasteiger partial charge on any atom is -0.283 e. The molecule has 5 nitrogen and oxygen atoms in total. The summed E-state index contributed by atoms with van der Waals surface area (Å²) >= 11 is 1.59. The van der Waals surface area contributed by atoms with Crippen molar-refractivity contribution in [3.8, 4) is 0 Å². The lowest BCUT2D eigenvalue weighted by Crippen LogP contribution is -2.36. The van der Waals surface area contributed by atoms with E-state index >= 15 is 0 Å². The smallest absolute Gasteiger partial charge is 0.233 e. The number of nitrogens with zero attached hydrogens (tertiary/aromatic N) is 2. The van der Waals surface area contributed by atoms with Crippen LogP contribution in [0.25, 0.3) is 0 Å². The molecular weight excluding hydrogens is 368 g/mol. The van der Waals surface area contributed by atoms with Crippen LogP contribution in [-0.2, 0) is 34.0 Å². The van der Waals surface area contributed by atoms with Crippen LogP contribution in [0.3, 0.4) is 0 Å². The van der Waals surface area contributed by atoms with Gasteiger partial charge in [0.05, 0.1) is 29.7 Å². The van der Waals surface area contributed by atoms with Crippen LogP contribution < -0.4 is 4.90 Å². The number of carbonyl (C=O) groups is 1. The third-order valence-electron chi connectivity index (χ3n) is 5.10. The number of carbonyl (C=O) groups excluding carboxylic acids is 1. The van der Waals surface area contributed by atoms with Gasteiger partial charge in [-0.25, -0.2) is 13.4 Å². The number of hydrogen-bond donors (Lipinski definition) is 0. The van der Waals surface area contributed by atoms with Crippen molar-refractivity contribution >= 4 is 32.2 Å². The van der Waals surface area contributed by atoms with E-state index in [1.54, 1.807) is 16.2 Å². The topological polar surface area (TPSA) is 67.3 Å². The van der Waals surface area contributed by atoms with Gasteiger partial charge in [0.15, 0.2) is 15.0 Å². The van der Waals surface area contributed by atoms with Gasteiger partial charge in [0.1, 0.15) is 0 Å². The van der Waals surface area contributed by atoms with E-state index in [0.29, 0.717) is 13.0 Å². The molecular formula is C19H22N2O3S2. The molecule has 1 saturated heterocycles. The predicted molar refractivity (Wildman–Crippen MR) is 103 cm³/mol. The number of amides is 1. The zero-order valence-electron chi connectivity index (χ0n) is 14.6. The van der Waals surface area contributed by atoms with Crippen molar-refractivity contribution in [3.63, 3.8) is 0 Å². The zero-order chi connectivity index (χ0) is 18.1. The molecule has 138 valence electrons. The molecule has 1 amide bonds. The highest BCUT2D eigenvalue weighted by atomic mass is 32.2. The third-order valence-corrected chi connectivity index (χ3v) is 8.04. The fourth-order valence-corrected chi connectivity index (χ4v) is 6.56. The first-order valence-electron chi connectivity index (χ1n) is 9.06. The predicted octanol–water partition coefficient (Wildman–Crippen LogP) is 2.99. The molecule has 0 saturated carbocycles. The maximum Gasteiger partial charge on any atom is 0.233 e. The maximum absolute atomic E-state index is 13.2. The standard InChI is InChI=1S/C19H22N2O3S2/c22-18(15-10-11-26(23,24)13-15)21(12-14-6-2-1-3-7-14)19-20-16-8-4-5-9-17(16)25-19/h1-3,6-7,15H,4-5,8-13H2/t15-/m0/s1. The number of fused-ring (bicyclic) bond motifs is 1. The van der Waals surface area contributed by atoms with E-state index in [0.717, 1.165) is 35.7 Å². The van der Waals surface area contributed by atoms with Crippen LogP contribution in [0, 0.1) is 5.92 Å². The van der Waals surface area contributed by atoms with Gasteiger partial charge in [-0.3, -0.25) is 9.69 Å².